The van der Waals surface area contributed by atoms with Gasteiger partial charge in [0, 0.05) is 18.4 Å². The van der Waals surface area contributed by atoms with Gasteiger partial charge in [0.2, 0.25) is 0 Å². The Bertz CT molecular complexity index is 1030. The van der Waals surface area contributed by atoms with Crippen LogP contribution in [-0.2, 0) is 51.3 Å². The molecule has 0 aliphatic rings. The summed E-state index contributed by atoms with van der Waals surface area (Å²) in [5.41, 5.74) is 1.81. The van der Waals surface area contributed by atoms with Crippen molar-refractivity contribution >= 4 is 23.5 Å². The molecule has 37 heavy (non-hydrogen) atoms. The Labute approximate surface area is 217 Å². The molecule has 198 valence electrons. The Kier molecular flexibility index (Phi) is 13.0. The van der Waals surface area contributed by atoms with Crippen molar-refractivity contribution in [1.82, 2.24) is 0 Å². The lowest BCUT2D eigenvalue weighted by molar-refractivity contribution is -0.156. The van der Waals surface area contributed by atoms with E-state index < -0.39 is 30.6 Å². The highest BCUT2D eigenvalue weighted by Gasteiger charge is 2.23. The summed E-state index contributed by atoms with van der Waals surface area (Å²) < 4.78 is 21.2. The number of rotatable bonds is 17. The van der Waals surface area contributed by atoms with E-state index in [1.807, 2.05) is 60.7 Å². The van der Waals surface area contributed by atoms with Gasteiger partial charge in [-0.2, -0.15) is 0 Å². The molecule has 8 heteroatoms. The highest BCUT2D eigenvalue weighted by molar-refractivity contribution is 5.95. The van der Waals surface area contributed by atoms with Gasteiger partial charge in [0.05, 0.1) is 32.8 Å². The highest BCUT2D eigenvalue weighted by atomic mass is 16.6. The first-order chi connectivity index (χ1) is 17.8. The van der Waals surface area contributed by atoms with Crippen LogP contribution in [0.3, 0.4) is 0 Å². The minimum absolute atomic E-state index is 0.0739. The summed E-state index contributed by atoms with van der Waals surface area (Å²) in [6.07, 6.45) is -2.31. The molecule has 0 radical (unpaired) electrons. The summed E-state index contributed by atoms with van der Waals surface area (Å²) in [4.78, 5) is 48.8. The number of hydrogen-bond acceptors (Lipinski definition) is 8. The van der Waals surface area contributed by atoms with E-state index in [0.29, 0.717) is 13.2 Å². The van der Waals surface area contributed by atoms with Crippen molar-refractivity contribution in [3.8, 4) is 0 Å². The fraction of sp³-hybridized carbons (Fsp3) is 0.379. The summed E-state index contributed by atoms with van der Waals surface area (Å²) in [5, 5.41) is 0. The monoisotopic (exact) mass is 510 g/mol. The number of esters is 2. The third-order valence-corrected chi connectivity index (χ3v) is 5.35. The van der Waals surface area contributed by atoms with Crippen LogP contribution < -0.4 is 0 Å². The lowest BCUT2D eigenvalue weighted by Gasteiger charge is -2.15. The number of Topliss-reactive ketones (excluding diaryl/α,β-unsaturated/α-hetero) is 2. The van der Waals surface area contributed by atoms with Crippen molar-refractivity contribution in [1.29, 1.82) is 0 Å². The van der Waals surface area contributed by atoms with Gasteiger partial charge in [0.15, 0.2) is 23.8 Å². The van der Waals surface area contributed by atoms with Gasteiger partial charge in [-0.1, -0.05) is 67.2 Å². The van der Waals surface area contributed by atoms with Gasteiger partial charge in [0.1, 0.15) is 0 Å². The maximum Gasteiger partial charge on any atom is 0.334 e. The van der Waals surface area contributed by atoms with Crippen LogP contribution in [0, 0.1) is 0 Å². The summed E-state index contributed by atoms with van der Waals surface area (Å²) in [6.45, 7) is 7.58. The first-order valence-corrected chi connectivity index (χ1v) is 12.1. The van der Waals surface area contributed by atoms with E-state index in [2.05, 4.69) is 6.58 Å². The Morgan fingerprint density at radius 3 is 1.59 bits per heavy atom. The first-order valence-electron chi connectivity index (χ1n) is 12.1. The third-order valence-electron chi connectivity index (χ3n) is 5.35. The van der Waals surface area contributed by atoms with Gasteiger partial charge >= 0.3 is 11.9 Å². The van der Waals surface area contributed by atoms with Crippen LogP contribution >= 0.6 is 0 Å². The molecule has 0 aromatic heterocycles. The second-order valence-electron chi connectivity index (χ2n) is 8.47. The normalized spacial score (nSPS) is 12.3. The lowest BCUT2D eigenvalue weighted by Crippen LogP contribution is -2.28. The van der Waals surface area contributed by atoms with Gasteiger partial charge in [-0.05, 0) is 25.0 Å². The lowest BCUT2D eigenvalue weighted by atomic mass is 10.1. The van der Waals surface area contributed by atoms with Crippen molar-refractivity contribution in [3.05, 3.63) is 83.9 Å². The van der Waals surface area contributed by atoms with E-state index in [9.17, 15) is 19.2 Å². The zero-order valence-corrected chi connectivity index (χ0v) is 21.4. The van der Waals surface area contributed by atoms with Gasteiger partial charge in [-0.15, -0.1) is 0 Å². The smallest absolute Gasteiger partial charge is 0.334 e. The van der Waals surface area contributed by atoms with E-state index in [1.165, 1.54) is 13.8 Å². The second kappa shape index (κ2) is 16.2. The SMILES string of the molecule is C=C(CC(=O)OC(C)C(=O)CCOCc1ccccc1)C(=O)OC(C)C(=O)CCOCc1ccccc1. The van der Waals surface area contributed by atoms with Gasteiger partial charge < -0.3 is 18.9 Å². The fourth-order valence-corrected chi connectivity index (χ4v) is 3.14. The molecule has 0 heterocycles. The van der Waals surface area contributed by atoms with E-state index in [0.717, 1.165) is 11.1 Å². The van der Waals surface area contributed by atoms with Crippen molar-refractivity contribution in [3.63, 3.8) is 0 Å². The number of ketones is 2. The van der Waals surface area contributed by atoms with Crippen molar-refractivity contribution in [2.75, 3.05) is 13.2 Å². The van der Waals surface area contributed by atoms with Crippen LogP contribution in [0.5, 0.6) is 0 Å². The topological polar surface area (TPSA) is 105 Å². The molecule has 8 nitrogen and oxygen atoms in total. The van der Waals surface area contributed by atoms with Gasteiger partial charge in [-0.3, -0.25) is 14.4 Å². The number of carbonyl (C=O) groups is 4. The van der Waals surface area contributed by atoms with Crippen LogP contribution in [0.1, 0.15) is 44.2 Å². The minimum Gasteiger partial charge on any atom is -0.454 e. The van der Waals surface area contributed by atoms with Crippen molar-refractivity contribution in [2.45, 2.75) is 58.5 Å². The highest BCUT2D eigenvalue weighted by Crippen LogP contribution is 2.10. The Hall–Kier alpha value is -3.62. The predicted molar refractivity (Wildman–Crippen MR) is 136 cm³/mol. The average molecular weight is 511 g/mol. The zero-order valence-electron chi connectivity index (χ0n) is 21.4. The fourth-order valence-electron chi connectivity index (χ4n) is 3.14. The Morgan fingerprint density at radius 2 is 1.14 bits per heavy atom. The maximum absolute atomic E-state index is 12.2. The molecule has 0 saturated heterocycles. The van der Waals surface area contributed by atoms with Crippen molar-refractivity contribution in [2.24, 2.45) is 0 Å². The predicted octanol–water partition coefficient (Wildman–Crippen LogP) is 4.15. The van der Waals surface area contributed by atoms with E-state index in [1.54, 1.807) is 0 Å². The molecule has 0 bridgehead atoms. The molecule has 2 aromatic carbocycles. The maximum atomic E-state index is 12.2. The van der Waals surface area contributed by atoms with E-state index in [4.69, 9.17) is 18.9 Å². The molecule has 0 aliphatic carbocycles. The average Bonchev–Trinajstić information content (AvgIpc) is 2.89. The van der Waals surface area contributed by atoms with Crippen LogP contribution in [0.4, 0.5) is 0 Å². The molecule has 2 unspecified atom stereocenters. The molecule has 0 fully saturated rings. The number of benzene rings is 2. The first kappa shape index (κ1) is 29.6. The van der Waals surface area contributed by atoms with Crippen LogP contribution in [0.2, 0.25) is 0 Å². The van der Waals surface area contributed by atoms with Crippen LogP contribution in [0.25, 0.3) is 0 Å². The zero-order chi connectivity index (χ0) is 27.0. The molecule has 2 atom stereocenters. The molecule has 0 spiro atoms. The summed E-state index contributed by atoms with van der Waals surface area (Å²) in [7, 11) is 0. The van der Waals surface area contributed by atoms with Gasteiger partial charge in [0.25, 0.3) is 0 Å². The second-order valence-corrected chi connectivity index (χ2v) is 8.47. The summed E-state index contributed by atoms with van der Waals surface area (Å²) in [6, 6.07) is 19.1. The summed E-state index contributed by atoms with van der Waals surface area (Å²) in [5.74, 6) is -2.29. The molecule has 0 aliphatic heterocycles. The number of hydrogen-bond donors (Lipinski definition) is 0. The minimum atomic E-state index is -1.02. The standard InChI is InChI=1S/C29H34O8/c1-21(29(33)37-23(3)27(31)15-17-35-20-25-12-8-5-9-13-25)18-28(32)36-22(2)26(30)14-16-34-19-24-10-6-4-7-11-24/h4-13,22-23H,1,14-20H2,2-3H3. The Balaban J connectivity index is 1.61. The van der Waals surface area contributed by atoms with E-state index in [-0.39, 0.29) is 43.2 Å². The molecular formula is C29H34O8. The van der Waals surface area contributed by atoms with Crippen molar-refractivity contribution < 1.29 is 38.1 Å². The number of carbonyl (C=O) groups excluding carboxylic acids is 4. The molecule has 2 rings (SSSR count). The molecule has 0 amide bonds. The molecule has 0 N–H and O–H groups in total. The summed E-state index contributed by atoms with van der Waals surface area (Å²) >= 11 is 0. The van der Waals surface area contributed by atoms with Crippen LogP contribution in [0.15, 0.2) is 72.8 Å². The van der Waals surface area contributed by atoms with Gasteiger partial charge in [-0.25, -0.2) is 4.79 Å². The largest absolute Gasteiger partial charge is 0.454 e. The quantitative estimate of drug-likeness (QED) is 0.178. The van der Waals surface area contributed by atoms with E-state index >= 15 is 0 Å². The van der Waals surface area contributed by atoms with Crippen LogP contribution in [-0.4, -0.2) is 48.9 Å². The molecule has 2 aromatic rings. The Morgan fingerprint density at radius 1 is 0.703 bits per heavy atom. The molecule has 0 saturated carbocycles. The third kappa shape index (κ3) is 11.8. The molecular weight excluding hydrogens is 476 g/mol. The number of ether oxygens (including phenoxy) is 4.